The molecule has 150 valence electrons. The van der Waals surface area contributed by atoms with Crippen molar-refractivity contribution in [3.63, 3.8) is 0 Å². The molecule has 0 radical (unpaired) electrons. The molecule has 4 rings (SSSR count). The van der Waals surface area contributed by atoms with E-state index < -0.39 is 0 Å². The lowest BCUT2D eigenvalue weighted by Gasteiger charge is -2.34. The van der Waals surface area contributed by atoms with Gasteiger partial charge in [0.25, 0.3) is 5.91 Å². The Kier molecular flexibility index (Phi) is 5.71. The Morgan fingerprint density at radius 1 is 1.18 bits per heavy atom. The Morgan fingerprint density at radius 2 is 1.86 bits per heavy atom. The van der Waals surface area contributed by atoms with Gasteiger partial charge in [0, 0.05) is 29.7 Å². The molecule has 6 nitrogen and oxygen atoms in total. The van der Waals surface area contributed by atoms with Gasteiger partial charge in [-0.2, -0.15) is 5.10 Å². The largest absolute Gasteiger partial charge is 0.350 e. The van der Waals surface area contributed by atoms with E-state index in [0.29, 0.717) is 36.3 Å². The minimum Gasteiger partial charge on any atom is -0.350 e. The quantitative estimate of drug-likeness (QED) is 0.784. The van der Waals surface area contributed by atoms with Crippen LogP contribution in [0.3, 0.4) is 0 Å². The van der Waals surface area contributed by atoms with Crippen LogP contribution in [0.15, 0.2) is 24.3 Å². The van der Waals surface area contributed by atoms with Crippen molar-refractivity contribution in [1.82, 2.24) is 14.7 Å². The van der Waals surface area contributed by atoms with E-state index in [4.69, 9.17) is 21.1 Å². The summed E-state index contributed by atoms with van der Waals surface area (Å²) in [5.74, 6) is 0.434. The second-order valence-corrected chi connectivity index (χ2v) is 7.94. The molecule has 28 heavy (non-hydrogen) atoms. The topological polar surface area (TPSA) is 56.6 Å². The van der Waals surface area contributed by atoms with E-state index in [1.807, 2.05) is 47.7 Å². The minimum absolute atomic E-state index is 0.0621. The molecule has 0 spiro atoms. The Hall–Kier alpha value is -1.89. The second kappa shape index (κ2) is 8.23. The van der Waals surface area contributed by atoms with Crippen molar-refractivity contribution in [2.45, 2.75) is 39.5 Å². The molecule has 0 unspecified atom stereocenters. The standard InChI is InChI=1S/C21H26ClN3O3/c1-14-19(15(2)25(23-14)13-17-5-3-4-6-18(17)22)20(26)24-9-7-16(8-10-24)21-27-11-12-28-21/h3-6,16,21H,7-13H2,1-2H3. The molecule has 0 N–H and O–H groups in total. The third-order valence-corrected chi connectivity index (χ3v) is 6.10. The molecule has 0 atom stereocenters. The summed E-state index contributed by atoms with van der Waals surface area (Å²) in [6.07, 6.45) is 1.71. The molecule has 2 aromatic rings. The Bertz CT molecular complexity index is 853. The van der Waals surface area contributed by atoms with Crippen molar-refractivity contribution in [3.05, 3.63) is 51.8 Å². The fraction of sp³-hybridized carbons (Fsp3) is 0.524. The number of likely N-dealkylation sites (tertiary alicyclic amines) is 1. The molecular formula is C21H26ClN3O3. The van der Waals surface area contributed by atoms with Crippen molar-refractivity contribution in [2.24, 2.45) is 5.92 Å². The van der Waals surface area contributed by atoms with E-state index in [1.54, 1.807) is 0 Å². The molecule has 0 aliphatic carbocycles. The number of hydrogen-bond donors (Lipinski definition) is 0. The average molecular weight is 404 g/mol. The molecular weight excluding hydrogens is 378 g/mol. The zero-order chi connectivity index (χ0) is 19.7. The predicted octanol–water partition coefficient (Wildman–Crippen LogP) is 3.43. The highest BCUT2D eigenvalue weighted by Crippen LogP contribution is 2.28. The summed E-state index contributed by atoms with van der Waals surface area (Å²) in [7, 11) is 0. The summed E-state index contributed by atoms with van der Waals surface area (Å²) in [5, 5.41) is 5.32. The Balaban J connectivity index is 1.46. The average Bonchev–Trinajstić information content (AvgIpc) is 3.32. The normalized spacial score (nSPS) is 18.8. The molecule has 1 aromatic carbocycles. The third kappa shape index (κ3) is 3.81. The van der Waals surface area contributed by atoms with Gasteiger partial charge in [0.1, 0.15) is 0 Å². The molecule has 3 heterocycles. The van der Waals surface area contributed by atoms with Crippen molar-refractivity contribution < 1.29 is 14.3 Å². The molecule has 7 heteroatoms. The van der Waals surface area contributed by atoms with Crippen molar-refractivity contribution in [1.29, 1.82) is 0 Å². The van der Waals surface area contributed by atoms with E-state index in [1.165, 1.54) is 0 Å². The van der Waals surface area contributed by atoms with Gasteiger partial charge >= 0.3 is 0 Å². The summed E-state index contributed by atoms with van der Waals surface area (Å²) in [6.45, 7) is 7.20. The number of halogens is 1. The van der Waals surface area contributed by atoms with Crippen molar-refractivity contribution in [2.75, 3.05) is 26.3 Å². The van der Waals surface area contributed by atoms with Gasteiger partial charge in [0.15, 0.2) is 6.29 Å². The first kappa shape index (κ1) is 19.4. The highest BCUT2D eigenvalue weighted by atomic mass is 35.5. The van der Waals surface area contributed by atoms with Crippen LogP contribution in [-0.2, 0) is 16.0 Å². The van der Waals surface area contributed by atoms with Gasteiger partial charge in [0.2, 0.25) is 0 Å². The van der Waals surface area contributed by atoms with E-state index in [0.717, 1.165) is 42.9 Å². The van der Waals surface area contributed by atoms with Crippen LogP contribution in [0.4, 0.5) is 0 Å². The number of carbonyl (C=O) groups is 1. The summed E-state index contributed by atoms with van der Waals surface area (Å²) in [4.78, 5) is 15.1. The summed E-state index contributed by atoms with van der Waals surface area (Å²) >= 11 is 6.29. The van der Waals surface area contributed by atoms with Gasteiger partial charge in [0.05, 0.1) is 31.0 Å². The fourth-order valence-electron chi connectivity index (χ4n) is 4.13. The number of ether oxygens (including phenoxy) is 2. The lowest BCUT2D eigenvalue weighted by atomic mass is 9.95. The number of benzene rings is 1. The molecule has 1 amide bonds. The van der Waals surface area contributed by atoms with Gasteiger partial charge in [-0.05, 0) is 38.3 Å². The SMILES string of the molecule is Cc1nn(Cc2ccccc2Cl)c(C)c1C(=O)N1CCC(C2OCCO2)CC1. The first-order chi connectivity index (χ1) is 13.5. The molecule has 2 aliphatic rings. The van der Waals surface area contributed by atoms with Gasteiger partial charge in [-0.25, -0.2) is 0 Å². The van der Waals surface area contributed by atoms with E-state index in [-0.39, 0.29) is 12.2 Å². The number of aromatic nitrogens is 2. The number of amides is 1. The van der Waals surface area contributed by atoms with Crippen LogP contribution >= 0.6 is 11.6 Å². The lowest BCUT2D eigenvalue weighted by Crippen LogP contribution is -2.41. The number of nitrogens with zero attached hydrogens (tertiary/aromatic N) is 3. The van der Waals surface area contributed by atoms with E-state index in [9.17, 15) is 4.79 Å². The number of carbonyl (C=O) groups excluding carboxylic acids is 1. The summed E-state index contributed by atoms with van der Waals surface area (Å²) < 4.78 is 13.1. The lowest BCUT2D eigenvalue weighted by molar-refractivity contribution is -0.0956. The number of rotatable bonds is 4. The van der Waals surface area contributed by atoms with E-state index >= 15 is 0 Å². The second-order valence-electron chi connectivity index (χ2n) is 7.53. The molecule has 2 aliphatic heterocycles. The van der Waals surface area contributed by atoms with Gasteiger partial charge in [-0.1, -0.05) is 29.8 Å². The maximum atomic E-state index is 13.2. The summed E-state index contributed by atoms with van der Waals surface area (Å²) in [6, 6.07) is 7.73. The van der Waals surface area contributed by atoms with Crippen molar-refractivity contribution >= 4 is 17.5 Å². The fourth-order valence-corrected chi connectivity index (χ4v) is 4.33. The smallest absolute Gasteiger partial charge is 0.257 e. The minimum atomic E-state index is -0.0981. The van der Waals surface area contributed by atoms with Crippen LogP contribution in [-0.4, -0.2) is 53.2 Å². The van der Waals surface area contributed by atoms with Crippen LogP contribution in [0.1, 0.15) is 40.2 Å². The molecule has 2 fully saturated rings. The maximum Gasteiger partial charge on any atom is 0.257 e. The van der Waals surface area contributed by atoms with Crippen LogP contribution in [0.2, 0.25) is 5.02 Å². The van der Waals surface area contributed by atoms with Gasteiger partial charge < -0.3 is 14.4 Å². The van der Waals surface area contributed by atoms with Crippen LogP contribution < -0.4 is 0 Å². The number of hydrogen-bond acceptors (Lipinski definition) is 4. The highest BCUT2D eigenvalue weighted by Gasteiger charge is 2.33. The molecule has 1 aromatic heterocycles. The molecule has 0 saturated carbocycles. The van der Waals surface area contributed by atoms with Crippen LogP contribution in [0.5, 0.6) is 0 Å². The molecule has 0 bridgehead atoms. The zero-order valence-electron chi connectivity index (χ0n) is 16.4. The number of aryl methyl sites for hydroxylation is 1. The Morgan fingerprint density at radius 3 is 2.54 bits per heavy atom. The van der Waals surface area contributed by atoms with Gasteiger partial charge in [-0.3, -0.25) is 9.48 Å². The number of piperidine rings is 1. The monoisotopic (exact) mass is 403 g/mol. The zero-order valence-corrected chi connectivity index (χ0v) is 17.1. The first-order valence-corrected chi connectivity index (χ1v) is 10.2. The predicted molar refractivity (Wildman–Crippen MR) is 107 cm³/mol. The van der Waals surface area contributed by atoms with Crippen molar-refractivity contribution in [3.8, 4) is 0 Å². The first-order valence-electron chi connectivity index (χ1n) is 9.84. The molecule has 2 saturated heterocycles. The van der Waals surface area contributed by atoms with Crippen LogP contribution in [0, 0.1) is 19.8 Å². The van der Waals surface area contributed by atoms with Gasteiger partial charge in [-0.15, -0.1) is 0 Å². The highest BCUT2D eigenvalue weighted by molar-refractivity contribution is 6.31. The Labute approximate surface area is 170 Å². The van der Waals surface area contributed by atoms with Crippen LogP contribution in [0.25, 0.3) is 0 Å². The summed E-state index contributed by atoms with van der Waals surface area (Å²) in [5.41, 5.74) is 3.34. The van der Waals surface area contributed by atoms with E-state index in [2.05, 4.69) is 5.10 Å². The maximum absolute atomic E-state index is 13.2. The third-order valence-electron chi connectivity index (χ3n) is 5.73.